The number of aromatic nitrogens is 2. The van der Waals surface area contributed by atoms with E-state index in [-0.39, 0.29) is 16.7 Å². The molecule has 5 nitrogen and oxygen atoms in total. The van der Waals surface area contributed by atoms with Gasteiger partial charge in [-0.15, -0.1) is 0 Å². The maximum atomic E-state index is 12.6. The number of amides is 1. The molecule has 8 heteroatoms. The summed E-state index contributed by atoms with van der Waals surface area (Å²) in [6, 6.07) is 5.42. The molecule has 1 atom stereocenters. The van der Waals surface area contributed by atoms with Gasteiger partial charge in [-0.05, 0) is 31.0 Å². The molecule has 2 heterocycles. The molecule has 1 aromatic carbocycles. The van der Waals surface area contributed by atoms with Gasteiger partial charge in [0.05, 0.1) is 10.9 Å². The fourth-order valence-corrected chi connectivity index (χ4v) is 4.58. The molecule has 1 unspecified atom stereocenters. The van der Waals surface area contributed by atoms with Gasteiger partial charge in [0, 0.05) is 27.8 Å². The van der Waals surface area contributed by atoms with E-state index >= 15 is 0 Å². The van der Waals surface area contributed by atoms with Gasteiger partial charge in [0.2, 0.25) is 5.91 Å². The average molecular weight is 396 g/mol. The van der Waals surface area contributed by atoms with Gasteiger partial charge in [-0.2, -0.15) is 11.8 Å². The largest absolute Gasteiger partial charge is 0.325 e. The summed E-state index contributed by atoms with van der Waals surface area (Å²) in [6.45, 7) is 3.84. The molecule has 0 fully saturated rings. The van der Waals surface area contributed by atoms with Crippen LogP contribution in [0.15, 0.2) is 28.2 Å². The molecule has 0 spiro atoms. The highest BCUT2D eigenvalue weighted by molar-refractivity contribution is 8.00. The van der Waals surface area contributed by atoms with Crippen LogP contribution < -0.4 is 10.9 Å². The van der Waals surface area contributed by atoms with E-state index in [9.17, 15) is 9.59 Å². The van der Waals surface area contributed by atoms with Crippen LogP contribution in [0.3, 0.4) is 0 Å². The predicted molar refractivity (Wildman–Crippen MR) is 105 cm³/mol. The highest BCUT2D eigenvalue weighted by Crippen LogP contribution is 2.29. The molecule has 1 aliphatic rings. The number of H-pyrrole nitrogens is 1. The number of benzene rings is 1. The topological polar surface area (TPSA) is 74.8 Å². The molecule has 2 aromatic rings. The second-order valence-electron chi connectivity index (χ2n) is 5.76. The zero-order chi connectivity index (χ0) is 18.0. The summed E-state index contributed by atoms with van der Waals surface area (Å²) in [4.78, 5) is 32.0. The Morgan fingerprint density at radius 2 is 2.28 bits per heavy atom. The van der Waals surface area contributed by atoms with E-state index in [1.807, 2.05) is 26.0 Å². The Kier molecular flexibility index (Phi) is 5.76. The highest BCUT2D eigenvalue weighted by atomic mass is 35.5. The Bertz CT molecular complexity index is 869. The van der Waals surface area contributed by atoms with E-state index in [4.69, 9.17) is 11.6 Å². The number of hydrogen-bond donors (Lipinski definition) is 2. The average Bonchev–Trinajstić information content (AvgIpc) is 3.05. The second kappa shape index (κ2) is 7.85. The van der Waals surface area contributed by atoms with E-state index in [1.54, 1.807) is 17.8 Å². The third kappa shape index (κ3) is 4.22. The van der Waals surface area contributed by atoms with Crippen LogP contribution >= 0.6 is 35.1 Å². The molecule has 3 rings (SSSR count). The number of aromatic amines is 1. The van der Waals surface area contributed by atoms with Crippen molar-refractivity contribution in [1.82, 2.24) is 9.97 Å². The molecule has 0 saturated heterocycles. The Labute approximate surface area is 159 Å². The van der Waals surface area contributed by atoms with Gasteiger partial charge in [0.1, 0.15) is 0 Å². The molecule has 2 N–H and O–H groups in total. The van der Waals surface area contributed by atoms with Crippen molar-refractivity contribution in [3.8, 4) is 0 Å². The van der Waals surface area contributed by atoms with E-state index in [0.29, 0.717) is 28.0 Å². The number of rotatable bonds is 5. The van der Waals surface area contributed by atoms with Gasteiger partial charge in [-0.25, -0.2) is 4.98 Å². The van der Waals surface area contributed by atoms with E-state index in [0.717, 1.165) is 22.6 Å². The molecule has 1 aromatic heterocycles. The van der Waals surface area contributed by atoms with Gasteiger partial charge < -0.3 is 10.3 Å². The lowest BCUT2D eigenvalue weighted by Gasteiger charge is -2.15. The van der Waals surface area contributed by atoms with Gasteiger partial charge in [0.15, 0.2) is 5.16 Å². The number of nitrogens with one attached hydrogen (secondary N) is 2. The van der Waals surface area contributed by atoms with E-state index in [2.05, 4.69) is 15.3 Å². The third-order valence-electron chi connectivity index (χ3n) is 3.92. The van der Waals surface area contributed by atoms with Gasteiger partial charge in [-0.3, -0.25) is 9.59 Å². The maximum Gasteiger partial charge on any atom is 0.255 e. The minimum atomic E-state index is -0.352. The Morgan fingerprint density at radius 3 is 3.00 bits per heavy atom. The number of anilines is 1. The minimum Gasteiger partial charge on any atom is -0.325 e. The van der Waals surface area contributed by atoms with Crippen molar-refractivity contribution in [2.45, 2.75) is 42.2 Å². The van der Waals surface area contributed by atoms with Crippen LogP contribution in [0.1, 0.15) is 30.2 Å². The lowest BCUT2D eigenvalue weighted by atomic mass is 10.2. The lowest BCUT2D eigenvalue weighted by molar-refractivity contribution is -0.115. The molecule has 1 amide bonds. The Morgan fingerprint density at radius 1 is 1.48 bits per heavy atom. The fourth-order valence-electron chi connectivity index (χ4n) is 2.45. The van der Waals surface area contributed by atoms with Crippen LogP contribution in [0.2, 0.25) is 5.02 Å². The smallest absolute Gasteiger partial charge is 0.255 e. The number of aryl methyl sites for hydroxylation is 1. The van der Waals surface area contributed by atoms with Crippen LogP contribution in [-0.4, -0.2) is 21.1 Å². The van der Waals surface area contributed by atoms with Gasteiger partial charge >= 0.3 is 0 Å². The molecule has 0 radical (unpaired) electrons. The quantitative estimate of drug-likeness (QED) is 0.591. The summed E-state index contributed by atoms with van der Waals surface area (Å²) in [5.74, 6) is 1.32. The number of carbonyl (C=O) groups excluding carboxylic acids is 1. The second-order valence-corrected chi connectivity index (χ2v) is 8.34. The summed E-state index contributed by atoms with van der Waals surface area (Å²) in [6.07, 6.45) is 0.617. The first-order chi connectivity index (χ1) is 12.0. The molecule has 0 bridgehead atoms. The van der Waals surface area contributed by atoms with Crippen molar-refractivity contribution in [3.05, 3.63) is 50.4 Å². The first-order valence-corrected chi connectivity index (χ1v) is 10.3. The minimum absolute atomic E-state index is 0.0990. The van der Waals surface area contributed by atoms with Crippen LogP contribution in [0.25, 0.3) is 0 Å². The van der Waals surface area contributed by atoms with E-state index in [1.165, 1.54) is 11.8 Å². The standard InChI is InChI=1S/C17H18ClN3O2S2/c1-3-14(16(23)19-10-5-4-9(2)12(18)6-10)25-17-20-13-8-24-7-11(13)15(22)21-17/h4-6,14H,3,7-8H2,1-2H3,(H,19,23)(H,20,21,22). The van der Waals surface area contributed by atoms with Crippen LogP contribution in [0, 0.1) is 6.92 Å². The molecular formula is C17H18ClN3O2S2. The van der Waals surface area contributed by atoms with Gasteiger partial charge in [-0.1, -0.05) is 36.4 Å². The normalized spacial score (nSPS) is 14.2. The molecule has 25 heavy (non-hydrogen) atoms. The van der Waals surface area contributed by atoms with Crippen molar-refractivity contribution >= 4 is 46.7 Å². The number of fused-ring (bicyclic) bond motifs is 1. The molecule has 0 saturated carbocycles. The summed E-state index contributed by atoms with van der Waals surface area (Å²) in [5.41, 5.74) is 3.10. The van der Waals surface area contributed by atoms with Crippen molar-refractivity contribution < 1.29 is 4.79 Å². The first kappa shape index (κ1) is 18.4. The molecular weight excluding hydrogens is 378 g/mol. The number of carbonyl (C=O) groups is 1. The number of halogens is 1. The zero-order valence-corrected chi connectivity index (χ0v) is 16.3. The van der Waals surface area contributed by atoms with Gasteiger partial charge in [0.25, 0.3) is 5.56 Å². The SMILES string of the molecule is CCC(Sc1nc2c(c(=O)[nH]1)CSC2)C(=O)Nc1ccc(C)c(Cl)c1. The number of nitrogens with zero attached hydrogens (tertiary/aromatic N) is 1. The third-order valence-corrected chi connectivity index (χ3v) is 6.55. The first-order valence-electron chi connectivity index (χ1n) is 7.91. The van der Waals surface area contributed by atoms with Crippen molar-refractivity contribution in [3.63, 3.8) is 0 Å². The highest BCUT2D eigenvalue weighted by Gasteiger charge is 2.22. The van der Waals surface area contributed by atoms with Crippen molar-refractivity contribution in [2.75, 3.05) is 5.32 Å². The maximum absolute atomic E-state index is 12.6. The summed E-state index contributed by atoms with van der Waals surface area (Å²) < 4.78 is 0. The summed E-state index contributed by atoms with van der Waals surface area (Å²) in [7, 11) is 0. The predicted octanol–water partition coefficient (Wildman–Crippen LogP) is 3.99. The number of hydrogen-bond acceptors (Lipinski definition) is 5. The molecule has 1 aliphatic heterocycles. The number of thioether (sulfide) groups is 2. The Hall–Kier alpha value is -1.44. The van der Waals surface area contributed by atoms with E-state index < -0.39 is 0 Å². The summed E-state index contributed by atoms with van der Waals surface area (Å²) >= 11 is 9.06. The Balaban J connectivity index is 1.73. The fraction of sp³-hybridized carbons (Fsp3) is 0.353. The zero-order valence-electron chi connectivity index (χ0n) is 13.9. The molecule has 132 valence electrons. The van der Waals surface area contributed by atoms with Crippen LogP contribution in [-0.2, 0) is 16.3 Å². The lowest BCUT2D eigenvalue weighted by Crippen LogP contribution is -2.25. The van der Waals surface area contributed by atoms with Crippen molar-refractivity contribution in [2.24, 2.45) is 0 Å². The summed E-state index contributed by atoms with van der Waals surface area (Å²) in [5, 5.41) is 3.64. The van der Waals surface area contributed by atoms with Crippen LogP contribution in [0.5, 0.6) is 0 Å². The van der Waals surface area contributed by atoms with Crippen LogP contribution in [0.4, 0.5) is 5.69 Å². The van der Waals surface area contributed by atoms with Crippen molar-refractivity contribution in [1.29, 1.82) is 0 Å². The molecule has 0 aliphatic carbocycles. The monoisotopic (exact) mass is 395 g/mol.